The molecule has 0 fully saturated rings. The van der Waals surface area contributed by atoms with Crippen molar-refractivity contribution in [2.75, 3.05) is 18.5 Å². The minimum Gasteiger partial charge on any atom is -0.476 e. The molecule has 0 aliphatic heterocycles. The van der Waals surface area contributed by atoms with Gasteiger partial charge in [-0.05, 0) is 69.5 Å². The molecule has 0 spiro atoms. The maximum absolute atomic E-state index is 13.4. The van der Waals surface area contributed by atoms with E-state index in [1.807, 2.05) is 26.8 Å². The first kappa shape index (κ1) is 24.3. The van der Waals surface area contributed by atoms with E-state index >= 15 is 0 Å². The van der Waals surface area contributed by atoms with Gasteiger partial charge < -0.3 is 23.6 Å². The fourth-order valence-electron chi connectivity index (χ4n) is 3.80. The van der Waals surface area contributed by atoms with E-state index < -0.39 is 23.9 Å². The van der Waals surface area contributed by atoms with Crippen molar-refractivity contribution >= 4 is 39.2 Å². The summed E-state index contributed by atoms with van der Waals surface area (Å²) in [6.45, 7) is 8.84. The van der Waals surface area contributed by atoms with E-state index in [4.69, 9.17) is 18.3 Å². The molecule has 3 heterocycles. The lowest BCUT2D eigenvalue weighted by Crippen LogP contribution is -2.23. The van der Waals surface area contributed by atoms with Gasteiger partial charge in [-0.3, -0.25) is 9.59 Å². The third-order valence-corrected chi connectivity index (χ3v) is 6.61. The molecule has 0 atom stereocenters. The zero-order chi connectivity index (χ0) is 25.3. The highest BCUT2D eigenvalue weighted by atomic mass is 32.1. The van der Waals surface area contributed by atoms with Crippen LogP contribution in [-0.4, -0.2) is 25.1 Å². The SMILES string of the molecule is CCOC(=O)c1c(NC(=O)COc2c(-c3ccco3)oc3c(C)cc(C)cc3c2=O)sc(C)c1C. The third-order valence-electron chi connectivity index (χ3n) is 5.49. The number of anilines is 1. The first-order chi connectivity index (χ1) is 16.7. The minimum absolute atomic E-state index is 0.0993. The van der Waals surface area contributed by atoms with Crippen LogP contribution in [0.25, 0.3) is 22.5 Å². The average Bonchev–Trinajstić information content (AvgIpc) is 3.42. The van der Waals surface area contributed by atoms with Gasteiger partial charge in [0.05, 0.1) is 23.8 Å². The molecule has 0 aliphatic rings. The van der Waals surface area contributed by atoms with Crippen LogP contribution in [0.3, 0.4) is 0 Å². The number of hydrogen-bond donors (Lipinski definition) is 1. The van der Waals surface area contributed by atoms with Gasteiger partial charge >= 0.3 is 5.97 Å². The maximum atomic E-state index is 13.4. The summed E-state index contributed by atoms with van der Waals surface area (Å²) in [6.07, 6.45) is 1.45. The zero-order valence-corrected chi connectivity index (χ0v) is 20.9. The summed E-state index contributed by atoms with van der Waals surface area (Å²) in [5.41, 5.74) is 2.76. The summed E-state index contributed by atoms with van der Waals surface area (Å²) < 4.78 is 22.3. The first-order valence-corrected chi connectivity index (χ1v) is 11.8. The van der Waals surface area contributed by atoms with E-state index in [1.165, 1.54) is 17.6 Å². The third kappa shape index (κ3) is 4.72. The Labute approximate surface area is 205 Å². The molecule has 9 heteroatoms. The van der Waals surface area contributed by atoms with Crippen LogP contribution in [0.5, 0.6) is 5.75 Å². The fourth-order valence-corrected chi connectivity index (χ4v) is 4.86. The topological polar surface area (TPSA) is 108 Å². The summed E-state index contributed by atoms with van der Waals surface area (Å²) in [5.74, 6) is -0.777. The molecule has 0 aliphatic carbocycles. The van der Waals surface area contributed by atoms with Gasteiger partial charge in [0.15, 0.2) is 12.4 Å². The molecular weight excluding hydrogens is 470 g/mol. The number of carbonyl (C=O) groups excluding carboxylic acids is 2. The van der Waals surface area contributed by atoms with Crippen molar-refractivity contribution in [2.45, 2.75) is 34.6 Å². The Balaban J connectivity index is 1.66. The highest BCUT2D eigenvalue weighted by molar-refractivity contribution is 7.16. The molecule has 0 saturated carbocycles. The fraction of sp³-hybridized carbons (Fsp3) is 0.269. The molecule has 1 N–H and O–H groups in total. The Bertz CT molecular complexity index is 1480. The Morgan fingerprint density at radius 1 is 1.14 bits per heavy atom. The summed E-state index contributed by atoms with van der Waals surface area (Å²) in [6, 6.07) is 6.94. The maximum Gasteiger partial charge on any atom is 0.341 e. The van der Waals surface area contributed by atoms with Crippen LogP contribution >= 0.6 is 11.3 Å². The van der Waals surface area contributed by atoms with Gasteiger partial charge in [-0.2, -0.15) is 0 Å². The van der Waals surface area contributed by atoms with E-state index in [1.54, 1.807) is 32.0 Å². The minimum atomic E-state index is -0.540. The molecule has 3 aromatic heterocycles. The van der Waals surface area contributed by atoms with Crippen LogP contribution in [0.4, 0.5) is 5.00 Å². The number of hydrogen-bond acceptors (Lipinski definition) is 8. The lowest BCUT2D eigenvalue weighted by atomic mass is 10.1. The van der Waals surface area contributed by atoms with Gasteiger partial charge in [0.1, 0.15) is 10.6 Å². The highest BCUT2D eigenvalue weighted by Gasteiger charge is 2.24. The number of rotatable bonds is 7. The van der Waals surface area contributed by atoms with E-state index in [9.17, 15) is 14.4 Å². The number of ether oxygens (including phenoxy) is 2. The molecule has 1 aromatic carbocycles. The van der Waals surface area contributed by atoms with Gasteiger partial charge in [-0.1, -0.05) is 6.07 Å². The van der Waals surface area contributed by atoms with Crippen molar-refractivity contribution in [3.63, 3.8) is 0 Å². The second kappa shape index (κ2) is 9.79. The lowest BCUT2D eigenvalue weighted by Gasteiger charge is -2.12. The summed E-state index contributed by atoms with van der Waals surface area (Å²) in [4.78, 5) is 39.4. The monoisotopic (exact) mass is 495 g/mol. The van der Waals surface area contributed by atoms with Crippen LogP contribution in [-0.2, 0) is 9.53 Å². The number of nitrogens with one attached hydrogen (secondary N) is 1. The zero-order valence-electron chi connectivity index (χ0n) is 20.1. The Kier molecular flexibility index (Phi) is 6.79. The van der Waals surface area contributed by atoms with Crippen LogP contribution in [0.1, 0.15) is 38.8 Å². The number of esters is 1. The van der Waals surface area contributed by atoms with Crippen LogP contribution in [0.15, 0.2) is 44.2 Å². The molecule has 182 valence electrons. The van der Waals surface area contributed by atoms with Gasteiger partial charge in [0, 0.05) is 4.88 Å². The van der Waals surface area contributed by atoms with E-state index in [2.05, 4.69) is 5.32 Å². The molecule has 8 nitrogen and oxygen atoms in total. The number of benzene rings is 1. The summed E-state index contributed by atoms with van der Waals surface area (Å²) in [5, 5.41) is 3.43. The predicted molar refractivity (Wildman–Crippen MR) is 134 cm³/mol. The normalized spacial score (nSPS) is 11.0. The average molecular weight is 496 g/mol. The van der Waals surface area contributed by atoms with Gasteiger partial charge in [-0.15, -0.1) is 11.3 Å². The molecule has 0 unspecified atom stereocenters. The number of carbonyl (C=O) groups is 2. The number of amides is 1. The molecule has 4 aromatic rings. The first-order valence-electron chi connectivity index (χ1n) is 11.0. The Morgan fingerprint density at radius 2 is 1.91 bits per heavy atom. The molecule has 0 radical (unpaired) electrons. The number of fused-ring (bicyclic) bond motifs is 1. The lowest BCUT2D eigenvalue weighted by molar-refractivity contribution is -0.118. The number of furan rings is 1. The van der Waals surface area contributed by atoms with Crippen molar-refractivity contribution in [3.05, 3.63) is 67.9 Å². The number of thiophene rings is 1. The van der Waals surface area contributed by atoms with Crippen molar-refractivity contribution < 1.29 is 27.9 Å². The molecule has 0 saturated heterocycles. The van der Waals surface area contributed by atoms with Crippen molar-refractivity contribution in [3.8, 4) is 17.3 Å². The Hall–Kier alpha value is -3.85. The summed E-state index contributed by atoms with van der Waals surface area (Å²) >= 11 is 1.27. The van der Waals surface area contributed by atoms with Gasteiger partial charge in [0.2, 0.25) is 16.9 Å². The van der Waals surface area contributed by atoms with Crippen LogP contribution < -0.4 is 15.5 Å². The smallest absolute Gasteiger partial charge is 0.341 e. The van der Waals surface area contributed by atoms with E-state index in [0.717, 1.165) is 21.6 Å². The van der Waals surface area contributed by atoms with Gasteiger partial charge in [-0.25, -0.2) is 4.79 Å². The predicted octanol–water partition coefficient (Wildman–Crippen LogP) is 5.54. The van der Waals surface area contributed by atoms with Crippen molar-refractivity contribution in [1.82, 2.24) is 0 Å². The van der Waals surface area contributed by atoms with Crippen molar-refractivity contribution in [2.24, 2.45) is 0 Å². The van der Waals surface area contributed by atoms with Crippen LogP contribution in [0.2, 0.25) is 0 Å². The molecular formula is C26H25NO7S. The largest absolute Gasteiger partial charge is 0.476 e. The van der Waals surface area contributed by atoms with Gasteiger partial charge in [0.25, 0.3) is 5.91 Å². The Morgan fingerprint density at radius 3 is 2.60 bits per heavy atom. The second-order valence-electron chi connectivity index (χ2n) is 8.07. The molecule has 0 bridgehead atoms. The summed E-state index contributed by atoms with van der Waals surface area (Å²) in [7, 11) is 0. The highest BCUT2D eigenvalue weighted by Crippen LogP contribution is 2.34. The molecule has 4 rings (SSSR count). The quantitative estimate of drug-likeness (QED) is 0.335. The van der Waals surface area contributed by atoms with Crippen molar-refractivity contribution in [1.29, 1.82) is 0 Å². The second-order valence-corrected chi connectivity index (χ2v) is 9.29. The molecule has 35 heavy (non-hydrogen) atoms. The van der Waals surface area contributed by atoms with E-state index in [-0.39, 0.29) is 18.1 Å². The molecule has 1 amide bonds. The number of aryl methyl sites for hydroxylation is 3. The standard InChI is InChI=1S/C26H25NO7S/c1-6-31-26(30)20-15(4)16(5)35-25(20)27-19(28)12-33-24-21(29)17-11-13(2)10-14(3)22(17)34-23(24)18-8-7-9-32-18/h7-11H,6,12H2,1-5H3,(H,27,28). The van der Waals surface area contributed by atoms with Crippen LogP contribution in [0, 0.1) is 27.7 Å². The van der Waals surface area contributed by atoms with E-state index in [0.29, 0.717) is 27.3 Å².